The van der Waals surface area contributed by atoms with Gasteiger partial charge < -0.3 is 0 Å². The molecular formula is C22H27F3. The number of hydrogen-bond acceptors (Lipinski definition) is 0. The Morgan fingerprint density at radius 1 is 0.920 bits per heavy atom. The molecule has 0 aliphatic heterocycles. The number of rotatable bonds is 5. The molecule has 3 heteroatoms. The smallest absolute Gasteiger partial charge is 0.194 e. The molecule has 0 saturated carbocycles. The monoisotopic (exact) mass is 348 g/mol. The molecular weight excluding hydrogens is 321 g/mol. The van der Waals surface area contributed by atoms with Crippen LogP contribution in [0.25, 0.3) is 5.57 Å². The highest BCUT2D eigenvalue weighted by Crippen LogP contribution is 2.40. The van der Waals surface area contributed by atoms with E-state index >= 15 is 0 Å². The van der Waals surface area contributed by atoms with Gasteiger partial charge >= 0.3 is 0 Å². The van der Waals surface area contributed by atoms with E-state index in [0.717, 1.165) is 42.9 Å². The van der Waals surface area contributed by atoms with E-state index in [1.165, 1.54) is 38.5 Å². The Balaban J connectivity index is 1.61. The molecule has 0 unspecified atom stereocenters. The summed E-state index contributed by atoms with van der Waals surface area (Å²) in [7, 11) is 0. The Morgan fingerprint density at radius 3 is 2.08 bits per heavy atom. The number of halogens is 3. The SMILES string of the molecule is CCCCC1=CC[C@@H]([C@@H]2CC=C(c3cc(F)c(F)c(F)c3)CC2)CC1. The summed E-state index contributed by atoms with van der Waals surface area (Å²) in [6, 6.07) is 2.24. The van der Waals surface area contributed by atoms with Gasteiger partial charge in [0.25, 0.3) is 0 Å². The molecule has 136 valence electrons. The molecule has 1 aromatic carbocycles. The fraction of sp³-hybridized carbons (Fsp3) is 0.545. The van der Waals surface area contributed by atoms with Gasteiger partial charge in [-0.3, -0.25) is 0 Å². The highest BCUT2D eigenvalue weighted by Gasteiger charge is 2.26. The van der Waals surface area contributed by atoms with Gasteiger partial charge in [0.15, 0.2) is 17.5 Å². The van der Waals surface area contributed by atoms with Crippen LogP contribution in [0.3, 0.4) is 0 Å². The van der Waals surface area contributed by atoms with Crippen LogP contribution in [0.15, 0.2) is 29.9 Å². The van der Waals surface area contributed by atoms with Crippen molar-refractivity contribution in [1.82, 2.24) is 0 Å². The predicted octanol–water partition coefficient (Wildman–Crippen LogP) is 7.20. The molecule has 0 heterocycles. The normalized spacial score (nSPS) is 24.0. The largest absolute Gasteiger partial charge is 0.204 e. The lowest BCUT2D eigenvalue weighted by atomic mass is 9.73. The molecule has 0 N–H and O–H groups in total. The van der Waals surface area contributed by atoms with E-state index in [9.17, 15) is 13.2 Å². The van der Waals surface area contributed by atoms with Crippen LogP contribution in [-0.2, 0) is 0 Å². The molecule has 0 spiro atoms. The molecule has 0 saturated heterocycles. The first-order chi connectivity index (χ1) is 12.1. The van der Waals surface area contributed by atoms with Crippen molar-refractivity contribution in [2.45, 2.75) is 64.7 Å². The fourth-order valence-corrected chi connectivity index (χ4v) is 4.25. The van der Waals surface area contributed by atoms with Crippen LogP contribution < -0.4 is 0 Å². The predicted molar refractivity (Wildman–Crippen MR) is 96.6 cm³/mol. The van der Waals surface area contributed by atoms with Gasteiger partial charge in [-0.25, -0.2) is 13.2 Å². The Bertz CT molecular complexity index is 649. The summed E-state index contributed by atoms with van der Waals surface area (Å²) in [5, 5.41) is 0. The van der Waals surface area contributed by atoms with E-state index in [-0.39, 0.29) is 0 Å². The van der Waals surface area contributed by atoms with Crippen LogP contribution in [0.5, 0.6) is 0 Å². The number of unbranched alkanes of at least 4 members (excludes halogenated alkanes) is 1. The minimum absolute atomic E-state index is 0.486. The zero-order valence-corrected chi connectivity index (χ0v) is 15.0. The van der Waals surface area contributed by atoms with Crippen LogP contribution in [0.2, 0.25) is 0 Å². The van der Waals surface area contributed by atoms with Gasteiger partial charge in [0.2, 0.25) is 0 Å². The Kier molecular flexibility index (Phi) is 6.03. The topological polar surface area (TPSA) is 0 Å². The first-order valence-electron chi connectivity index (χ1n) is 9.60. The molecule has 0 bridgehead atoms. The maximum absolute atomic E-state index is 13.4. The summed E-state index contributed by atoms with van der Waals surface area (Å²) >= 11 is 0. The fourth-order valence-electron chi connectivity index (χ4n) is 4.25. The van der Waals surface area contributed by atoms with Gasteiger partial charge in [-0.1, -0.05) is 31.1 Å². The van der Waals surface area contributed by atoms with E-state index in [4.69, 9.17) is 0 Å². The quantitative estimate of drug-likeness (QED) is 0.390. The second-order valence-corrected chi connectivity index (χ2v) is 7.52. The average molecular weight is 348 g/mol. The lowest BCUT2D eigenvalue weighted by molar-refractivity contribution is 0.285. The first kappa shape index (κ1) is 18.3. The molecule has 2 aliphatic rings. The van der Waals surface area contributed by atoms with Crippen molar-refractivity contribution in [3.05, 3.63) is 52.9 Å². The van der Waals surface area contributed by atoms with E-state index in [2.05, 4.69) is 19.1 Å². The van der Waals surface area contributed by atoms with Crippen molar-refractivity contribution in [2.24, 2.45) is 11.8 Å². The third-order valence-corrected chi connectivity index (χ3v) is 5.87. The molecule has 2 aliphatic carbocycles. The molecule has 25 heavy (non-hydrogen) atoms. The van der Waals surface area contributed by atoms with E-state index in [1.54, 1.807) is 5.57 Å². The van der Waals surface area contributed by atoms with Crippen molar-refractivity contribution in [3.63, 3.8) is 0 Å². The second-order valence-electron chi connectivity index (χ2n) is 7.52. The highest BCUT2D eigenvalue weighted by molar-refractivity contribution is 5.66. The number of allylic oxidation sites excluding steroid dienone is 4. The Labute approximate surface area is 148 Å². The van der Waals surface area contributed by atoms with Gasteiger partial charge in [0, 0.05) is 0 Å². The maximum Gasteiger partial charge on any atom is 0.194 e. The van der Waals surface area contributed by atoms with Gasteiger partial charge in [0.1, 0.15) is 0 Å². The third kappa shape index (κ3) is 4.37. The van der Waals surface area contributed by atoms with E-state index in [1.807, 2.05) is 0 Å². The minimum Gasteiger partial charge on any atom is -0.204 e. The lowest BCUT2D eigenvalue weighted by Crippen LogP contribution is -2.19. The summed E-state index contributed by atoms with van der Waals surface area (Å²) in [6.45, 7) is 2.23. The van der Waals surface area contributed by atoms with Gasteiger partial charge in [-0.05, 0) is 86.5 Å². The van der Waals surface area contributed by atoms with Crippen LogP contribution in [0.4, 0.5) is 13.2 Å². The Morgan fingerprint density at radius 2 is 1.56 bits per heavy atom. The van der Waals surface area contributed by atoms with Gasteiger partial charge in [-0.15, -0.1) is 0 Å². The average Bonchev–Trinajstić information content (AvgIpc) is 2.64. The zero-order valence-electron chi connectivity index (χ0n) is 15.0. The molecule has 0 aromatic heterocycles. The molecule has 0 amide bonds. The summed E-state index contributed by atoms with van der Waals surface area (Å²) < 4.78 is 40.0. The van der Waals surface area contributed by atoms with Crippen LogP contribution in [0, 0.1) is 29.3 Å². The van der Waals surface area contributed by atoms with E-state index < -0.39 is 17.5 Å². The maximum atomic E-state index is 13.4. The molecule has 0 nitrogen and oxygen atoms in total. The van der Waals surface area contributed by atoms with Crippen molar-refractivity contribution >= 4 is 5.57 Å². The molecule has 1 aromatic rings. The van der Waals surface area contributed by atoms with Crippen molar-refractivity contribution in [3.8, 4) is 0 Å². The van der Waals surface area contributed by atoms with Crippen LogP contribution in [-0.4, -0.2) is 0 Å². The summed E-state index contributed by atoms with van der Waals surface area (Å²) in [5.41, 5.74) is 3.06. The van der Waals surface area contributed by atoms with Crippen LogP contribution in [0.1, 0.15) is 70.3 Å². The van der Waals surface area contributed by atoms with Gasteiger partial charge in [-0.2, -0.15) is 0 Å². The molecule has 0 radical (unpaired) electrons. The van der Waals surface area contributed by atoms with Crippen molar-refractivity contribution in [1.29, 1.82) is 0 Å². The Hall–Kier alpha value is -1.51. The van der Waals surface area contributed by atoms with Crippen molar-refractivity contribution in [2.75, 3.05) is 0 Å². The van der Waals surface area contributed by atoms with E-state index in [0.29, 0.717) is 11.5 Å². The lowest BCUT2D eigenvalue weighted by Gasteiger charge is -2.32. The zero-order chi connectivity index (χ0) is 17.8. The highest BCUT2D eigenvalue weighted by atomic mass is 19.2. The second kappa shape index (κ2) is 8.25. The van der Waals surface area contributed by atoms with Crippen LogP contribution >= 0.6 is 0 Å². The third-order valence-electron chi connectivity index (χ3n) is 5.87. The number of benzene rings is 1. The molecule has 2 atom stereocenters. The van der Waals surface area contributed by atoms with Gasteiger partial charge in [0.05, 0.1) is 0 Å². The first-order valence-corrected chi connectivity index (χ1v) is 9.60. The number of hydrogen-bond donors (Lipinski definition) is 0. The summed E-state index contributed by atoms with van der Waals surface area (Å²) in [4.78, 5) is 0. The standard InChI is InChI=1S/C22H27F3/c1-2-3-4-15-5-7-16(8-6-15)17-9-11-18(12-10-17)19-13-20(23)22(25)21(24)14-19/h5,11,13-14,16-17H,2-4,6-10,12H2,1H3/t16-,17-/m1/s1. The summed E-state index contributed by atoms with van der Waals surface area (Å²) in [6.07, 6.45) is 14.8. The summed E-state index contributed by atoms with van der Waals surface area (Å²) in [5.74, 6) is -2.20. The molecule has 0 fully saturated rings. The minimum atomic E-state index is -1.38. The van der Waals surface area contributed by atoms with Crippen molar-refractivity contribution < 1.29 is 13.2 Å². The molecule has 3 rings (SSSR count).